The first-order valence-electron chi connectivity index (χ1n) is 4.30. The van der Waals surface area contributed by atoms with Crippen molar-refractivity contribution in [3.63, 3.8) is 0 Å². The van der Waals surface area contributed by atoms with Crippen LogP contribution in [0.4, 0.5) is 11.5 Å². The maximum absolute atomic E-state index is 9.23. The van der Waals surface area contributed by atoms with Crippen LogP contribution in [0.2, 0.25) is 0 Å². The lowest BCUT2D eigenvalue weighted by molar-refractivity contribution is 0.475. The van der Waals surface area contributed by atoms with E-state index in [1.807, 2.05) is 25.4 Å². The number of hydrogen-bond donors (Lipinski definition) is 2. The third-order valence-electron chi connectivity index (χ3n) is 1.83. The number of anilines is 2. The molecule has 2 rings (SSSR count). The number of phenols is 1. The lowest BCUT2D eigenvalue weighted by Gasteiger charge is -2.02. The summed E-state index contributed by atoms with van der Waals surface area (Å²) < 4.78 is 1.71. The van der Waals surface area contributed by atoms with Crippen molar-refractivity contribution in [1.82, 2.24) is 9.78 Å². The second-order valence-corrected chi connectivity index (χ2v) is 3.05. The number of nitrogens with zero attached hydrogens (tertiary/aromatic N) is 2. The predicted octanol–water partition coefficient (Wildman–Crippen LogP) is 1.87. The van der Waals surface area contributed by atoms with E-state index in [0.29, 0.717) is 0 Å². The van der Waals surface area contributed by atoms with E-state index in [1.165, 1.54) is 0 Å². The summed E-state index contributed by atoms with van der Waals surface area (Å²) >= 11 is 0. The highest BCUT2D eigenvalue weighted by Gasteiger charge is 1.97. The van der Waals surface area contributed by atoms with Crippen molar-refractivity contribution in [2.75, 3.05) is 5.32 Å². The van der Waals surface area contributed by atoms with E-state index in [4.69, 9.17) is 0 Å². The van der Waals surface area contributed by atoms with Gasteiger partial charge >= 0.3 is 0 Å². The number of aromatic hydroxyl groups is 1. The third-order valence-corrected chi connectivity index (χ3v) is 1.83. The Morgan fingerprint density at radius 2 is 2.21 bits per heavy atom. The highest BCUT2D eigenvalue weighted by Crippen LogP contribution is 2.18. The number of phenolic OH excluding ortho intramolecular Hbond substituents is 1. The molecule has 2 N–H and O–H groups in total. The van der Waals surface area contributed by atoms with Crippen LogP contribution in [0.15, 0.2) is 36.5 Å². The first kappa shape index (κ1) is 8.62. The van der Waals surface area contributed by atoms with Crippen molar-refractivity contribution >= 4 is 11.5 Å². The van der Waals surface area contributed by atoms with Crippen LogP contribution in [0.5, 0.6) is 5.75 Å². The minimum atomic E-state index is 0.242. The number of benzene rings is 1. The molecule has 4 nitrogen and oxygen atoms in total. The van der Waals surface area contributed by atoms with Gasteiger partial charge in [0.05, 0.1) is 0 Å². The lowest BCUT2D eigenvalue weighted by atomic mass is 10.3. The Morgan fingerprint density at radius 3 is 2.86 bits per heavy atom. The Kier molecular flexibility index (Phi) is 2.10. The second kappa shape index (κ2) is 3.41. The lowest BCUT2D eigenvalue weighted by Crippen LogP contribution is -1.93. The van der Waals surface area contributed by atoms with Crippen molar-refractivity contribution in [3.8, 4) is 5.75 Å². The van der Waals surface area contributed by atoms with Gasteiger partial charge in [-0.25, -0.2) is 0 Å². The first-order valence-corrected chi connectivity index (χ1v) is 4.30. The van der Waals surface area contributed by atoms with Gasteiger partial charge in [-0.05, 0) is 12.1 Å². The minimum Gasteiger partial charge on any atom is -0.508 e. The van der Waals surface area contributed by atoms with Gasteiger partial charge < -0.3 is 10.4 Å². The Morgan fingerprint density at radius 1 is 1.36 bits per heavy atom. The van der Waals surface area contributed by atoms with Gasteiger partial charge in [0, 0.05) is 31.1 Å². The summed E-state index contributed by atoms with van der Waals surface area (Å²) in [7, 11) is 1.85. The van der Waals surface area contributed by atoms with Gasteiger partial charge in [0.25, 0.3) is 0 Å². The van der Waals surface area contributed by atoms with E-state index < -0.39 is 0 Å². The molecular weight excluding hydrogens is 178 g/mol. The van der Waals surface area contributed by atoms with E-state index in [2.05, 4.69) is 10.4 Å². The summed E-state index contributed by atoms with van der Waals surface area (Å²) in [6.07, 6.45) is 1.85. The fraction of sp³-hybridized carbons (Fsp3) is 0.100. The van der Waals surface area contributed by atoms with Gasteiger partial charge in [0.2, 0.25) is 0 Å². The van der Waals surface area contributed by atoms with E-state index >= 15 is 0 Å². The summed E-state index contributed by atoms with van der Waals surface area (Å²) in [4.78, 5) is 0. The van der Waals surface area contributed by atoms with Crippen LogP contribution < -0.4 is 5.32 Å². The zero-order valence-corrected chi connectivity index (χ0v) is 7.81. The molecule has 2 aromatic rings. The van der Waals surface area contributed by atoms with Crippen molar-refractivity contribution in [1.29, 1.82) is 0 Å². The molecule has 0 radical (unpaired) electrons. The average Bonchev–Trinajstić information content (AvgIpc) is 2.51. The van der Waals surface area contributed by atoms with E-state index in [0.717, 1.165) is 11.5 Å². The molecule has 0 saturated heterocycles. The van der Waals surface area contributed by atoms with Gasteiger partial charge in [-0.1, -0.05) is 6.07 Å². The summed E-state index contributed by atoms with van der Waals surface area (Å²) in [5.41, 5.74) is 0.823. The summed E-state index contributed by atoms with van der Waals surface area (Å²) in [6.45, 7) is 0. The summed E-state index contributed by atoms with van der Waals surface area (Å²) in [6, 6.07) is 8.79. The van der Waals surface area contributed by atoms with Gasteiger partial charge in [-0.2, -0.15) is 5.10 Å². The Balaban J connectivity index is 2.18. The third kappa shape index (κ3) is 1.85. The standard InChI is InChI=1S/C10H11N3O/c1-13-6-5-10(12-13)11-8-3-2-4-9(14)7-8/h2-7,14H,1H3,(H,11,12). The fourth-order valence-corrected chi connectivity index (χ4v) is 1.21. The van der Waals surface area contributed by atoms with E-state index in [9.17, 15) is 5.11 Å². The molecule has 0 aliphatic heterocycles. The van der Waals surface area contributed by atoms with Crippen LogP contribution in [0.1, 0.15) is 0 Å². The van der Waals surface area contributed by atoms with Crippen LogP contribution in [0, 0.1) is 0 Å². The summed E-state index contributed by atoms with van der Waals surface area (Å²) in [5.74, 6) is 1.00. The normalized spacial score (nSPS) is 10.1. The molecule has 4 heteroatoms. The molecule has 1 heterocycles. The van der Waals surface area contributed by atoms with Crippen molar-refractivity contribution in [2.45, 2.75) is 0 Å². The molecule has 1 aromatic heterocycles. The maximum Gasteiger partial charge on any atom is 0.152 e. The highest BCUT2D eigenvalue weighted by molar-refractivity contribution is 5.57. The van der Waals surface area contributed by atoms with Gasteiger partial charge in [0.1, 0.15) is 5.75 Å². The number of rotatable bonds is 2. The maximum atomic E-state index is 9.23. The molecule has 0 saturated carbocycles. The molecule has 14 heavy (non-hydrogen) atoms. The molecule has 0 atom stereocenters. The second-order valence-electron chi connectivity index (χ2n) is 3.05. The molecule has 0 aliphatic rings. The monoisotopic (exact) mass is 189 g/mol. The van der Waals surface area contributed by atoms with Crippen LogP contribution in [0.25, 0.3) is 0 Å². The zero-order valence-electron chi connectivity index (χ0n) is 7.81. The molecule has 0 unspecified atom stereocenters. The number of nitrogens with one attached hydrogen (secondary N) is 1. The van der Waals surface area contributed by atoms with Crippen LogP contribution in [0.3, 0.4) is 0 Å². The molecule has 1 aromatic carbocycles. The fourth-order valence-electron chi connectivity index (χ4n) is 1.21. The van der Waals surface area contributed by atoms with Crippen molar-refractivity contribution < 1.29 is 5.11 Å². The van der Waals surface area contributed by atoms with Crippen LogP contribution in [-0.2, 0) is 7.05 Å². The highest BCUT2D eigenvalue weighted by atomic mass is 16.3. The van der Waals surface area contributed by atoms with Crippen LogP contribution in [-0.4, -0.2) is 14.9 Å². The largest absolute Gasteiger partial charge is 0.508 e. The van der Waals surface area contributed by atoms with Crippen molar-refractivity contribution in [3.05, 3.63) is 36.5 Å². The van der Waals surface area contributed by atoms with Crippen molar-refractivity contribution in [2.24, 2.45) is 7.05 Å². The smallest absolute Gasteiger partial charge is 0.152 e. The minimum absolute atomic E-state index is 0.242. The van der Waals surface area contributed by atoms with E-state index in [1.54, 1.807) is 22.9 Å². The number of aromatic nitrogens is 2. The number of aryl methyl sites for hydroxylation is 1. The molecule has 0 aliphatic carbocycles. The molecule has 0 amide bonds. The topological polar surface area (TPSA) is 50.1 Å². The average molecular weight is 189 g/mol. The SMILES string of the molecule is Cn1ccc(Nc2cccc(O)c2)n1. The molecular formula is C10H11N3O. The predicted molar refractivity (Wildman–Crippen MR) is 54.6 cm³/mol. The Bertz CT molecular complexity index is 436. The van der Waals surface area contributed by atoms with E-state index in [-0.39, 0.29) is 5.75 Å². The van der Waals surface area contributed by atoms with Crippen LogP contribution >= 0.6 is 0 Å². The molecule has 0 fully saturated rings. The first-order chi connectivity index (χ1) is 6.74. The molecule has 0 bridgehead atoms. The Hall–Kier alpha value is -1.97. The number of hydrogen-bond acceptors (Lipinski definition) is 3. The van der Waals surface area contributed by atoms with Gasteiger partial charge in [-0.15, -0.1) is 0 Å². The zero-order chi connectivity index (χ0) is 9.97. The quantitative estimate of drug-likeness (QED) is 0.758. The molecule has 0 spiro atoms. The van der Waals surface area contributed by atoms with Gasteiger partial charge in [0.15, 0.2) is 5.82 Å². The van der Waals surface area contributed by atoms with Gasteiger partial charge in [-0.3, -0.25) is 4.68 Å². The summed E-state index contributed by atoms with van der Waals surface area (Å²) in [5, 5.41) is 16.5. The molecule has 72 valence electrons. The Labute approximate surface area is 81.8 Å².